The van der Waals surface area contributed by atoms with Gasteiger partial charge in [-0.2, -0.15) is 13.2 Å². The summed E-state index contributed by atoms with van der Waals surface area (Å²) in [6.45, 7) is 0.226. The molecule has 0 saturated heterocycles. The molecule has 0 spiro atoms. The summed E-state index contributed by atoms with van der Waals surface area (Å²) in [5, 5.41) is 0. The van der Waals surface area contributed by atoms with Crippen LogP contribution in [0.25, 0.3) is 0 Å². The molecular formula is C14H10F3OS. The first kappa shape index (κ1) is 13.8. The first-order valence-corrected chi connectivity index (χ1v) is 6.28. The summed E-state index contributed by atoms with van der Waals surface area (Å²) in [4.78, 5) is 0.160. The van der Waals surface area contributed by atoms with Crippen LogP contribution in [0.1, 0.15) is 5.56 Å². The van der Waals surface area contributed by atoms with Gasteiger partial charge in [0.15, 0.2) is 0 Å². The summed E-state index contributed by atoms with van der Waals surface area (Å²) < 4.78 is 42.2. The molecule has 0 unspecified atom stereocenters. The van der Waals surface area contributed by atoms with Crippen molar-refractivity contribution < 1.29 is 17.9 Å². The van der Waals surface area contributed by atoms with Crippen molar-refractivity contribution in [2.75, 3.05) is 0 Å². The van der Waals surface area contributed by atoms with Gasteiger partial charge in [-0.1, -0.05) is 24.3 Å². The van der Waals surface area contributed by atoms with E-state index in [0.29, 0.717) is 11.3 Å². The van der Waals surface area contributed by atoms with E-state index in [1.165, 1.54) is 12.1 Å². The average molecular weight is 283 g/mol. The zero-order chi connectivity index (χ0) is 13.7. The molecule has 0 heterocycles. The van der Waals surface area contributed by atoms with Crippen LogP contribution in [-0.2, 0) is 6.61 Å². The maximum Gasteiger partial charge on any atom is 0.446 e. The van der Waals surface area contributed by atoms with Gasteiger partial charge in [0.1, 0.15) is 12.4 Å². The fraction of sp³-hybridized carbons (Fsp3) is 0.143. The Labute approximate surface area is 113 Å². The number of alkyl halides is 3. The van der Waals surface area contributed by atoms with Gasteiger partial charge in [-0.3, -0.25) is 0 Å². The van der Waals surface area contributed by atoms with Crippen LogP contribution in [0.15, 0.2) is 53.4 Å². The zero-order valence-corrected chi connectivity index (χ0v) is 10.6. The molecule has 1 nitrogen and oxygen atoms in total. The monoisotopic (exact) mass is 283 g/mol. The van der Waals surface area contributed by atoms with Gasteiger partial charge in [-0.05, 0) is 47.7 Å². The van der Waals surface area contributed by atoms with Gasteiger partial charge < -0.3 is 4.74 Å². The fourth-order valence-electron chi connectivity index (χ4n) is 1.47. The van der Waals surface area contributed by atoms with Gasteiger partial charge in [0.05, 0.1) is 0 Å². The molecule has 0 atom stereocenters. The molecule has 0 aliphatic heterocycles. The Kier molecular flexibility index (Phi) is 4.37. The van der Waals surface area contributed by atoms with E-state index in [9.17, 15) is 13.2 Å². The van der Waals surface area contributed by atoms with Gasteiger partial charge in [0, 0.05) is 4.90 Å². The van der Waals surface area contributed by atoms with Gasteiger partial charge in [0.25, 0.3) is 0 Å². The summed E-state index contributed by atoms with van der Waals surface area (Å²) in [6, 6.07) is 16.1. The number of benzene rings is 2. The minimum absolute atomic E-state index is 0.125. The van der Waals surface area contributed by atoms with Gasteiger partial charge >= 0.3 is 5.51 Å². The molecule has 0 aliphatic carbocycles. The van der Waals surface area contributed by atoms with E-state index < -0.39 is 5.51 Å². The number of thioether (sulfide) groups is 1. The summed E-state index contributed by atoms with van der Waals surface area (Å²) >= 11 is -0.125. The summed E-state index contributed by atoms with van der Waals surface area (Å²) in [5.74, 6) is 0.636. The van der Waals surface area contributed by atoms with Crippen LogP contribution in [0.3, 0.4) is 0 Å². The minimum Gasteiger partial charge on any atom is -0.489 e. The Morgan fingerprint density at radius 3 is 2.68 bits per heavy atom. The Morgan fingerprint density at radius 2 is 2.00 bits per heavy atom. The third-order valence-corrected chi connectivity index (χ3v) is 2.94. The molecule has 0 bridgehead atoms. The van der Waals surface area contributed by atoms with Gasteiger partial charge in [0.2, 0.25) is 0 Å². The Morgan fingerprint density at radius 1 is 1.16 bits per heavy atom. The number of hydrogen-bond acceptors (Lipinski definition) is 2. The molecule has 0 fully saturated rings. The summed E-state index contributed by atoms with van der Waals surface area (Å²) in [6.07, 6.45) is 0. The minimum atomic E-state index is -4.27. The number of hydrogen-bond donors (Lipinski definition) is 0. The number of halogens is 3. The zero-order valence-electron chi connectivity index (χ0n) is 9.78. The summed E-state index contributed by atoms with van der Waals surface area (Å²) in [7, 11) is 0. The molecule has 2 rings (SSSR count). The van der Waals surface area contributed by atoms with Gasteiger partial charge in [-0.25, -0.2) is 0 Å². The van der Waals surface area contributed by atoms with E-state index >= 15 is 0 Å². The van der Waals surface area contributed by atoms with Crippen molar-refractivity contribution >= 4 is 11.8 Å². The van der Waals surface area contributed by atoms with Gasteiger partial charge in [-0.15, -0.1) is 0 Å². The largest absolute Gasteiger partial charge is 0.489 e. The first-order chi connectivity index (χ1) is 9.03. The second-order valence-corrected chi connectivity index (χ2v) is 4.86. The van der Waals surface area contributed by atoms with E-state index in [1.54, 1.807) is 36.4 Å². The highest BCUT2D eigenvalue weighted by Gasteiger charge is 2.29. The molecule has 0 aromatic heterocycles. The maximum absolute atomic E-state index is 12.3. The first-order valence-electron chi connectivity index (χ1n) is 5.46. The number of rotatable bonds is 4. The van der Waals surface area contributed by atoms with Crippen LogP contribution in [0.4, 0.5) is 13.2 Å². The average Bonchev–Trinajstić information content (AvgIpc) is 2.36. The third kappa shape index (κ3) is 4.87. The molecule has 2 aromatic carbocycles. The Bertz CT molecular complexity index is 526. The molecule has 1 radical (unpaired) electrons. The molecular weight excluding hydrogens is 273 g/mol. The molecule has 99 valence electrons. The Balaban J connectivity index is 1.99. The molecule has 2 aromatic rings. The smallest absolute Gasteiger partial charge is 0.446 e. The van der Waals surface area contributed by atoms with Crippen LogP contribution >= 0.6 is 11.8 Å². The second-order valence-electron chi connectivity index (χ2n) is 3.72. The normalized spacial score (nSPS) is 11.3. The van der Waals surface area contributed by atoms with E-state index in [1.807, 2.05) is 0 Å². The van der Waals surface area contributed by atoms with Crippen LogP contribution < -0.4 is 4.74 Å². The van der Waals surface area contributed by atoms with Crippen molar-refractivity contribution in [3.63, 3.8) is 0 Å². The maximum atomic E-state index is 12.3. The highest BCUT2D eigenvalue weighted by Crippen LogP contribution is 2.36. The number of ether oxygens (including phenoxy) is 1. The third-order valence-electron chi connectivity index (χ3n) is 2.22. The van der Waals surface area contributed by atoms with E-state index in [0.717, 1.165) is 0 Å². The lowest BCUT2D eigenvalue weighted by atomic mass is 10.2. The molecule has 0 aliphatic rings. The highest BCUT2D eigenvalue weighted by molar-refractivity contribution is 8.00. The quantitative estimate of drug-likeness (QED) is 0.754. The van der Waals surface area contributed by atoms with Crippen molar-refractivity contribution in [3.05, 3.63) is 60.2 Å². The lowest BCUT2D eigenvalue weighted by Crippen LogP contribution is -2.00. The van der Waals surface area contributed by atoms with Crippen LogP contribution in [0.2, 0.25) is 0 Å². The van der Waals surface area contributed by atoms with Crippen LogP contribution in [0.5, 0.6) is 5.75 Å². The van der Waals surface area contributed by atoms with Crippen molar-refractivity contribution in [1.29, 1.82) is 0 Å². The molecule has 0 amide bonds. The van der Waals surface area contributed by atoms with E-state index in [-0.39, 0.29) is 23.3 Å². The van der Waals surface area contributed by atoms with Crippen LogP contribution in [0, 0.1) is 6.07 Å². The van der Waals surface area contributed by atoms with Crippen molar-refractivity contribution in [2.24, 2.45) is 0 Å². The fourth-order valence-corrected chi connectivity index (χ4v) is 2.09. The topological polar surface area (TPSA) is 9.23 Å². The standard InChI is InChI=1S/C14H10F3OS/c15-14(16,17)19-13-8-4-5-11(9-13)10-18-12-6-2-1-3-7-12/h1-2,4-9H,10H2. The van der Waals surface area contributed by atoms with Crippen LogP contribution in [-0.4, -0.2) is 5.51 Å². The predicted molar refractivity (Wildman–Crippen MR) is 68.0 cm³/mol. The summed E-state index contributed by atoms with van der Waals surface area (Å²) in [5.41, 5.74) is -3.58. The molecule has 5 heteroatoms. The lowest BCUT2D eigenvalue weighted by Gasteiger charge is -2.09. The second kappa shape index (κ2) is 6.02. The van der Waals surface area contributed by atoms with E-state index in [2.05, 4.69) is 6.07 Å². The predicted octanol–water partition coefficient (Wildman–Crippen LogP) is 4.68. The molecule has 0 N–H and O–H groups in total. The molecule has 0 saturated carbocycles. The van der Waals surface area contributed by atoms with Crippen molar-refractivity contribution in [1.82, 2.24) is 0 Å². The SMILES string of the molecule is FC(F)(F)Sc1cccc(COc2c[c]ccc2)c1. The highest BCUT2D eigenvalue weighted by atomic mass is 32.2. The Hall–Kier alpha value is -1.62. The molecule has 19 heavy (non-hydrogen) atoms. The van der Waals surface area contributed by atoms with Crippen molar-refractivity contribution in [2.45, 2.75) is 17.0 Å². The van der Waals surface area contributed by atoms with Crippen molar-refractivity contribution in [3.8, 4) is 5.75 Å². The lowest BCUT2D eigenvalue weighted by molar-refractivity contribution is -0.0328. The van der Waals surface area contributed by atoms with E-state index in [4.69, 9.17) is 4.74 Å².